The van der Waals surface area contributed by atoms with Crippen LogP contribution in [0.4, 0.5) is 0 Å². The number of hydrogen-bond acceptors (Lipinski definition) is 3. The highest BCUT2D eigenvalue weighted by atomic mass is 35.5. The van der Waals surface area contributed by atoms with Crippen LogP contribution in [0.3, 0.4) is 0 Å². The summed E-state index contributed by atoms with van der Waals surface area (Å²) in [5.41, 5.74) is 0.978. The lowest BCUT2D eigenvalue weighted by molar-refractivity contribution is 1.10. The second-order valence-electron chi connectivity index (χ2n) is 3.69. The van der Waals surface area contributed by atoms with Gasteiger partial charge >= 0.3 is 0 Å². The van der Waals surface area contributed by atoms with Crippen LogP contribution in [-0.2, 0) is 6.42 Å². The van der Waals surface area contributed by atoms with E-state index in [1.807, 2.05) is 6.07 Å². The first-order valence-corrected chi connectivity index (χ1v) is 7.06. The van der Waals surface area contributed by atoms with Gasteiger partial charge in [-0.1, -0.05) is 58.0 Å². The van der Waals surface area contributed by atoms with Gasteiger partial charge in [-0.3, -0.25) is 0 Å². The number of rotatable bonds is 2. The molecule has 1 aromatic heterocycles. The minimum atomic E-state index is 0.0770. The van der Waals surface area contributed by atoms with Crippen molar-refractivity contribution in [1.82, 2.24) is 9.97 Å². The number of nitriles is 1. The predicted molar refractivity (Wildman–Crippen MR) is 81.8 cm³/mol. The molecule has 0 N–H and O–H groups in total. The maximum atomic E-state index is 8.60. The number of hydrogen-bond donors (Lipinski definition) is 0. The van der Waals surface area contributed by atoms with Gasteiger partial charge in [0.1, 0.15) is 0 Å². The van der Waals surface area contributed by atoms with Gasteiger partial charge in [-0.05, 0) is 0 Å². The molecular formula is C12H4Cl5N3. The Balaban J connectivity index is 2.61. The summed E-state index contributed by atoms with van der Waals surface area (Å²) in [6.45, 7) is 0. The van der Waals surface area contributed by atoms with E-state index in [1.165, 1.54) is 12.4 Å². The molecule has 102 valence electrons. The Labute approximate surface area is 140 Å². The van der Waals surface area contributed by atoms with Crippen molar-refractivity contribution in [3.63, 3.8) is 0 Å². The highest BCUT2D eigenvalue weighted by molar-refractivity contribution is 6.56. The van der Waals surface area contributed by atoms with E-state index >= 15 is 0 Å². The zero-order valence-corrected chi connectivity index (χ0v) is 13.4. The van der Waals surface area contributed by atoms with Crippen molar-refractivity contribution < 1.29 is 0 Å². The summed E-state index contributed by atoms with van der Waals surface area (Å²) < 4.78 is 0. The van der Waals surface area contributed by atoms with Gasteiger partial charge in [-0.25, -0.2) is 9.97 Å². The van der Waals surface area contributed by atoms with Crippen molar-refractivity contribution in [3.05, 3.63) is 43.1 Å². The molecule has 1 heterocycles. The van der Waals surface area contributed by atoms with Gasteiger partial charge < -0.3 is 0 Å². The van der Waals surface area contributed by atoms with E-state index in [9.17, 15) is 0 Å². The highest BCUT2D eigenvalue weighted by Crippen LogP contribution is 2.47. The van der Waals surface area contributed by atoms with E-state index in [0.717, 1.165) is 0 Å². The van der Waals surface area contributed by atoms with E-state index < -0.39 is 0 Å². The van der Waals surface area contributed by atoms with Crippen LogP contribution in [-0.4, -0.2) is 9.97 Å². The fourth-order valence-electron chi connectivity index (χ4n) is 1.47. The van der Waals surface area contributed by atoms with Crippen molar-refractivity contribution in [2.45, 2.75) is 6.42 Å². The van der Waals surface area contributed by atoms with Crippen LogP contribution in [0.1, 0.15) is 5.56 Å². The minimum absolute atomic E-state index is 0.0770. The lowest BCUT2D eigenvalue weighted by Crippen LogP contribution is -1.95. The summed E-state index contributed by atoms with van der Waals surface area (Å²) in [4.78, 5) is 8.22. The van der Waals surface area contributed by atoms with E-state index in [4.69, 9.17) is 63.3 Å². The molecule has 3 nitrogen and oxygen atoms in total. The zero-order chi connectivity index (χ0) is 14.9. The molecule has 8 heteroatoms. The molecule has 2 rings (SSSR count). The summed E-state index contributed by atoms with van der Waals surface area (Å²) in [5.74, 6) is 0.252. The molecule has 0 bridgehead atoms. The molecule has 2 aromatic rings. The first-order chi connectivity index (χ1) is 9.47. The van der Waals surface area contributed by atoms with Crippen LogP contribution in [0.15, 0.2) is 12.4 Å². The van der Waals surface area contributed by atoms with Gasteiger partial charge in [-0.15, -0.1) is 0 Å². The molecule has 0 aliphatic heterocycles. The lowest BCUT2D eigenvalue weighted by Gasteiger charge is -2.11. The van der Waals surface area contributed by atoms with E-state index in [0.29, 0.717) is 11.1 Å². The van der Waals surface area contributed by atoms with Crippen LogP contribution in [0.25, 0.3) is 11.4 Å². The van der Waals surface area contributed by atoms with Gasteiger partial charge in [0.25, 0.3) is 0 Å². The van der Waals surface area contributed by atoms with E-state index in [2.05, 4.69) is 9.97 Å². The standard InChI is InChI=1S/C12H4Cl5N3/c13-7-6(8(14)10(16)11(17)9(7)15)12-19-3-5(1-2-18)4-20-12/h3-4H,1H2. The quantitative estimate of drug-likeness (QED) is 0.522. The Kier molecular flexibility index (Phi) is 4.95. The molecule has 0 aliphatic carbocycles. The fraction of sp³-hybridized carbons (Fsp3) is 0.0833. The molecule has 0 spiro atoms. The maximum absolute atomic E-state index is 8.60. The first kappa shape index (κ1) is 15.6. The van der Waals surface area contributed by atoms with Gasteiger partial charge in [0, 0.05) is 18.0 Å². The van der Waals surface area contributed by atoms with Crippen LogP contribution < -0.4 is 0 Å². The van der Waals surface area contributed by atoms with Gasteiger partial charge in [0.2, 0.25) is 0 Å². The summed E-state index contributed by atoms with van der Waals surface area (Å²) in [7, 11) is 0. The van der Waals surface area contributed by atoms with Crippen LogP contribution in [0.2, 0.25) is 25.1 Å². The van der Waals surface area contributed by atoms with E-state index in [-0.39, 0.29) is 37.4 Å². The molecule has 0 saturated carbocycles. The third kappa shape index (κ3) is 2.81. The molecule has 0 atom stereocenters. The summed E-state index contributed by atoms with van der Waals surface area (Å²) >= 11 is 30.1. The summed E-state index contributed by atoms with van der Waals surface area (Å²) in [6.07, 6.45) is 3.23. The fourth-order valence-corrected chi connectivity index (χ4v) is 2.78. The Morgan fingerprint density at radius 3 is 1.75 bits per heavy atom. The number of aromatic nitrogens is 2. The monoisotopic (exact) mass is 365 g/mol. The summed E-state index contributed by atoms with van der Waals surface area (Å²) in [5, 5.41) is 9.10. The average Bonchev–Trinajstić information content (AvgIpc) is 2.45. The summed E-state index contributed by atoms with van der Waals surface area (Å²) in [6, 6.07) is 2.00. The average molecular weight is 367 g/mol. The minimum Gasteiger partial charge on any atom is -0.236 e. The molecule has 1 aromatic carbocycles. The smallest absolute Gasteiger partial charge is 0.162 e. The largest absolute Gasteiger partial charge is 0.236 e. The number of benzene rings is 1. The normalized spacial score (nSPS) is 10.4. The van der Waals surface area contributed by atoms with Crippen molar-refractivity contribution in [2.24, 2.45) is 0 Å². The van der Waals surface area contributed by atoms with Crippen molar-refractivity contribution in [2.75, 3.05) is 0 Å². The van der Waals surface area contributed by atoms with Gasteiger partial charge in [-0.2, -0.15) is 5.26 Å². The van der Waals surface area contributed by atoms with Crippen molar-refractivity contribution in [1.29, 1.82) is 5.26 Å². The van der Waals surface area contributed by atoms with Crippen LogP contribution in [0, 0.1) is 11.3 Å². The highest BCUT2D eigenvalue weighted by Gasteiger charge is 2.21. The Morgan fingerprint density at radius 2 is 1.30 bits per heavy atom. The molecule has 0 fully saturated rings. The third-order valence-corrected chi connectivity index (χ3v) is 4.70. The lowest BCUT2D eigenvalue weighted by atomic mass is 10.2. The third-order valence-electron chi connectivity index (χ3n) is 2.42. The second kappa shape index (κ2) is 6.34. The zero-order valence-electron chi connectivity index (χ0n) is 9.59. The molecule has 0 amide bonds. The molecule has 0 unspecified atom stereocenters. The van der Waals surface area contributed by atoms with E-state index in [1.54, 1.807) is 0 Å². The molecule has 0 radical (unpaired) electrons. The molecule has 20 heavy (non-hydrogen) atoms. The SMILES string of the molecule is N#CCc1cnc(-c2c(Cl)c(Cl)c(Cl)c(Cl)c2Cl)nc1. The topological polar surface area (TPSA) is 49.6 Å². The number of nitrogens with zero attached hydrogens (tertiary/aromatic N) is 3. The predicted octanol–water partition coefficient (Wildman–Crippen LogP) is 5.48. The first-order valence-electron chi connectivity index (χ1n) is 5.17. The van der Waals surface area contributed by atoms with Crippen LogP contribution >= 0.6 is 58.0 Å². The molecule has 0 saturated heterocycles. The van der Waals surface area contributed by atoms with Gasteiger partial charge in [0.15, 0.2) is 5.82 Å². The molecular weight excluding hydrogens is 363 g/mol. The van der Waals surface area contributed by atoms with Gasteiger partial charge in [0.05, 0.1) is 43.2 Å². The second-order valence-corrected chi connectivity index (χ2v) is 5.58. The number of halogens is 5. The van der Waals surface area contributed by atoms with Crippen molar-refractivity contribution in [3.8, 4) is 17.5 Å². The Bertz CT molecular complexity index is 678. The van der Waals surface area contributed by atoms with Crippen LogP contribution in [0.5, 0.6) is 0 Å². The Morgan fingerprint density at radius 1 is 0.850 bits per heavy atom. The molecule has 0 aliphatic rings. The Hall–Kier alpha value is -0.760. The van der Waals surface area contributed by atoms with Crippen molar-refractivity contribution >= 4 is 58.0 Å². The maximum Gasteiger partial charge on any atom is 0.162 e.